The maximum atomic E-state index is 13.8. The smallest absolute Gasteiger partial charge is 0.330 e. The summed E-state index contributed by atoms with van der Waals surface area (Å²) in [5, 5.41) is 0. The van der Waals surface area contributed by atoms with E-state index in [2.05, 4.69) is 4.98 Å². The molecule has 190 valence electrons. The molecule has 0 saturated heterocycles. The molecule has 9 nitrogen and oxygen atoms in total. The van der Waals surface area contributed by atoms with Crippen LogP contribution in [0.4, 0.5) is 11.5 Å². The maximum absolute atomic E-state index is 13.8. The average molecular weight is 484 g/mol. The molecule has 0 spiro atoms. The number of aromatic amines is 1. The number of aromatic nitrogens is 2. The lowest BCUT2D eigenvalue weighted by atomic mass is 9.90. The Kier molecular flexibility index (Phi) is 8.53. The Morgan fingerprint density at radius 1 is 1.23 bits per heavy atom. The maximum Gasteiger partial charge on any atom is 0.330 e. The van der Waals surface area contributed by atoms with Crippen molar-refractivity contribution in [3.05, 3.63) is 56.2 Å². The van der Waals surface area contributed by atoms with Crippen LogP contribution in [0, 0.1) is 5.92 Å². The standard InChI is InChI=1S/C26H37N5O4/c1-5-6-13-31-24(27)23(25(34)28-26(31)35)30(14-11-17(2)3)22(33)16-21-20-10-8-7-9-19(20)12-15-29(21)18(4)32/h7-10,17,21H,5-6,11-16,27H2,1-4H3,(H,28,34,35). The highest BCUT2D eigenvalue weighted by Gasteiger charge is 2.33. The number of nitrogens with two attached hydrogens (primary N) is 1. The fourth-order valence-electron chi connectivity index (χ4n) is 4.65. The molecular formula is C26H37N5O4. The van der Waals surface area contributed by atoms with Crippen molar-refractivity contribution in [1.29, 1.82) is 0 Å². The molecule has 2 amide bonds. The summed E-state index contributed by atoms with van der Waals surface area (Å²) >= 11 is 0. The first-order chi connectivity index (χ1) is 16.6. The Labute approximate surface area is 205 Å². The third-order valence-electron chi connectivity index (χ3n) is 6.64. The van der Waals surface area contributed by atoms with E-state index in [-0.39, 0.29) is 42.2 Å². The first-order valence-corrected chi connectivity index (χ1v) is 12.4. The highest BCUT2D eigenvalue weighted by atomic mass is 16.2. The number of benzene rings is 1. The number of rotatable bonds is 9. The molecule has 1 aliphatic rings. The minimum absolute atomic E-state index is 0.00299. The largest absolute Gasteiger partial charge is 0.383 e. The van der Waals surface area contributed by atoms with Crippen LogP contribution in [-0.2, 0) is 22.6 Å². The summed E-state index contributed by atoms with van der Waals surface area (Å²) in [5.74, 6) is -0.134. The number of carbonyl (C=O) groups is 2. The second-order valence-electron chi connectivity index (χ2n) is 9.61. The van der Waals surface area contributed by atoms with Crippen LogP contribution < -0.4 is 21.9 Å². The van der Waals surface area contributed by atoms with Gasteiger partial charge < -0.3 is 15.5 Å². The Bertz CT molecular complexity index is 1180. The van der Waals surface area contributed by atoms with Gasteiger partial charge in [0.25, 0.3) is 5.56 Å². The molecule has 3 N–H and O–H groups in total. The predicted octanol–water partition coefficient (Wildman–Crippen LogP) is 2.83. The molecule has 1 aromatic heterocycles. The van der Waals surface area contributed by atoms with Gasteiger partial charge in [-0.2, -0.15) is 0 Å². The second kappa shape index (κ2) is 11.4. The lowest BCUT2D eigenvalue weighted by Gasteiger charge is -2.37. The number of anilines is 2. The zero-order chi connectivity index (χ0) is 25.7. The van der Waals surface area contributed by atoms with Crippen LogP contribution in [0.15, 0.2) is 33.9 Å². The van der Waals surface area contributed by atoms with Gasteiger partial charge in [-0.15, -0.1) is 0 Å². The van der Waals surface area contributed by atoms with Gasteiger partial charge in [0.1, 0.15) is 5.82 Å². The number of nitrogens with one attached hydrogen (secondary N) is 1. The first kappa shape index (κ1) is 26.2. The molecule has 0 aliphatic carbocycles. The molecule has 1 aliphatic heterocycles. The minimum atomic E-state index is -0.676. The van der Waals surface area contributed by atoms with Crippen LogP contribution in [0.3, 0.4) is 0 Å². The number of nitrogens with zero attached hydrogens (tertiary/aromatic N) is 3. The van der Waals surface area contributed by atoms with E-state index in [1.54, 1.807) is 4.90 Å². The third-order valence-corrected chi connectivity index (χ3v) is 6.64. The van der Waals surface area contributed by atoms with Gasteiger partial charge in [0.15, 0.2) is 5.69 Å². The van der Waals surface area contributed by atoms with Gasteiger partial charge >= 0.3 is 5.69 Å². The van der Waals surface area contributed by atoms with Gasteiger partial charge in [0.05, 0.1) is 12.5 Å². The van der Waals surface area contributed by atoms with E-state index in [1.165, 1.54) is 16.4 Å². The summed E-state index contributed by atoms with van der Waals surface area (Å²) in [6, 6.07) is 7.40. The van der Waals surface area contributed by atoms with Gasteiger partial charge in [-0.25, -0.2) is 4.79 Å². The zero-order valence-electron chi connectivity index (χ0n) is 21.2. The highest BCUT2D eigenvalue weighted by Crippen LogP contribution is 2.33. The number of fused-ring (bicyclic) bond motifs is 1. The van der Waals surface area contributed by atoms with Crippen LogP contribution in [0.2, 0.25) is 0 Å². The third kappa shape index (κ3) is 5.83. The van der Waals surface area contributed by atoms with Gasteiger partial charge in [-0.1, -0.05) is 51.5 Å². The minimum Gasteiger partial charge on any atom is -0.383 e. The van der Waals surface area contributed by atoms with Crippen molar-refractivity contribution in [2.75, 3.05) is 23.7 Å². The molecule has 0 radical (unpaired) electrons. The van der Waals surface area contributed by atoms with Gasteiger partial charge in [-0.3, -0.25) is 23.9 Å². The van der Waals surface area contributed by atoms with E-state index in [0.29, 0.717) is 25.9 Å². The number of nitrogen functional groups attached to an aromatic ring is 1. The van der Waals surface area contributed by atoms with Crippen LogP contribution in [0.5, 0.6) is 0 Å². The quantitative estimate of drug-likeness (QED) is 0.568. The predicted molar refractivity (Wildman–Crippen MR) is 137 cm³/mol. The molecular weight excluding hydrogens is 446 g/mol. The molecule has 9 heteroatoms. The molecule has 35 heavy (non-hydrogen) atoms. The van der Waals surface area contributed by atoms with Crippen molar-refractivity contribution in [2.45, 2.75) is 72.4 Å². The van der Waals surface area contributed by atoms with Crippen molar-refractivity contribution in [2.24, 2.45) is 5.92 Å². The Morgan fingerprint density at radius 3 is 2.60 bits per heavy atom. The molecule has 0 saturated carbocycles. The zero-order valence-corrected chi connectivity index (χ0v) is 21.2. The molecule has 0 bridgehead atoms. The molecule has 0 fully saturated rings. The van der Waals surface area contributed by atoms with Gasteiger partial charge in [-0.05, 0) is 36.3 Å². The average Bonchev–Trinajstić information content (AvgIpc) is 2.80. The summed E-state index contributed by atoms with van der Waals surface area (Å²) in [4.78, 5) is 57.1. The fourth-order valence-corrected chi connectivity index (χ4v) is 4.65. The number of H-pyrrole nitrogens is 1. The summed E-state index contributed by atoms with van der Waals surface area (Å²) in [6.07, 6.45) is 2.95. The number of hydrogen-bond donors (Lipinski definition) is 2. The topological polar surface area (TPSA) is 121 Å². The van der Waals surface area contributed by atoms with E-state index < -0.39 is 17.3 Å². The summed E-state index contributed by atoms with van der Waals surface area (Å²) in [5.41, 5.74) is 7.15. The van der Waals surface area contributed by atoms with Gasteiger partial charge in [0, 0.05) is 26.6 Å². The molecule has 3 rings (SSSR count). The molecule has 1 atom stereocenters. The fraction of sp³-hybridized carbons (Fsp3) is 0.538. The Morgan fingerprint density at radius 2 is 1.94 bits per heavy atom. The summed E-state index contributed by atoms with van der Waals surface area (Å²) in [7, 11) is 0. The molecule has 1 unspecified atom stereocenters. The normalized spacial score (nSPS) is 15.2. The van der Waals surface area contributed by atoms with Gasteiger partial charge in [0.2, 0.25) is 11.8 Å². The number of hydrogen-bond acceptors (Lipinski definition) is 5. The Balaban J connectivity index is 2.04. The van der Waals surface area contributed by atoms with Crippen LogP contribution >= 0.6 is 0 Å². The van der Waals surface area contributed by atoms with Crippen LogP contribution in [0.1, 0.15) is 70.5 Å². The second-order valence-corrected chi connectivity index (χ2v) is 9.61. The summed E-state index contributed by atoms with van der Waals surface area (Å²) in [6.45, 7) is 8.74. The van der Waals surface area contributed by atoms with Crippen molar-refractivity contribution in [3.63, 3.8) is 0 Å². The van der Waals surface area contributed by atoms with Crippen LogP contribution in [-0.4, -0.2) is 39.4 Å². The van der Waals surface area contributed by atoms with E-state index in [1.807, 2.05) is 45.0 Å². The highest BCUT2D eigenvalue weighted by molar-refractivity contribution is 5.96. The summed E-state index contributed by atoms with van der Waals surface area (Å²) < 4.78 is 1.33. The monoisotopic (exact) mass is 483 g/mol. The molecule has 1 aromatic carbocycles. The molecule has 2 aromatic rings. The number of carbonyl (C=O) groups excluding carboxylic acids is 2. The lowest BCUT2D eigenvalue weighted by Crippen LogP contribution is -2.45. The Hall–Kier alpha value is -3.36. The lowest BCUT2D eigenvalue weighted by molar-refractivity contribution is -0.133. The van der Waals surface area contributed by atoms with Crippen molar-refractivity contribution < 1.29 is 9.59 Å². The van der Waals surface area contributed by atoms with Crippen molar-refractivity contribution in [3.8, 4) is 0 Å². The number of amides is 2. The van der Waals surface area contributed by atoms with E-state index in [4.69, 9.17) is 5.73 Å². The van der Waals surface area contributed by atoms with Crippen molar-refractivity contribution >= 4 is 23.3 Å². The first-order valence-electron chi connectivity index (χ1n) is 12.4. The van der Waals surface area contributed by atoms with E-state index in [9.17, 15) is 19.2 Å². The van der Waals surface area contributed by atoms with Crippen molar-refractivity contribution in [1.82, 2.24) is 14.5 Å². The van der Waals surface area contributed by atoms with Crippen LogP contribution in [0.25, 0.3) is 0 Å². The molecule has 2 heterocycles. The van der Waals surface area contributed by atoms with E-state index in [0.717, 1.165) is 24.0 Å². The number of unbranched alkanes of at least 4 members (excludes halogenated alkanes) is 1. The van der Waals surface area contributed by atoms with E-state index >= 15 is 0 Å². The SMILES string of the molecule is CCCCn1c(N)c(N(CCC(C)C)C(=O)CC2c3ccccc3CCN2C(C)=O)c(=O)[nH]c1=O.